The minimum absolute atomic E-state index is 0.0276. The third kappa shape index (κ3) is 2.65. The summed E-state index contributed by atoms with van der Waals surface area (Å²) < 4.78 is 8.07. The van der Waals surface area contributed by atoms with Crippen molar-refractivity contribution < 1.29 is 4.74 Å². The molecule has 4 nitrogen and oxygen atoms in total. The normalized spacial score (nSPS) is 21.0. The highest BCUT2D eigenvalue weighted by Crippen LogP contribution is 2.42. The highest BCUT2D eigenvalue weighted by Gasteiger charge is 2.30. The average molecular weight is 306 g/mol. The topological polar surface area (TPSA) is 39.1 Å². The van der Waals surface area contributed by atoms with Gasteiger partial charge in [0.15, 0.2) is 0 Å². The number of hydrogen-bond acceptors (Lipinski definition) is 3. The molecule has 0 saturated carbocycles. The van der Waals surface area contributed by atoms with Crippen molar-refractivity contribution in [3.05, 3.63) is 46.2 Å². The van der Waals surface area contributed by atoms with Crippen LogP contribution in [0.4, 0.5) is 0 Å². The summed E-state index contributed by atoms with van der Waals surface area (Å²) in [5, 5.41) is 8.63. The van der Waals surface area contributed by atoms with Crippen LogP contribution in [0.3, 0.4) is 0 Å². The zero-order valence-electron chi connectivity index (χ0n) is 12.6. The Morgan fingerprint density at radius 3 is 2.95 bits per heavy atom. The standard InChI is InChI=1S/C16H20ClN3O/c1-4-13-12(9-20(3)19-13)16-8-14(18-2)11-7-10(17)5-6-15(11)21-16/h5-7,9,14,16,18H,4,8H2,1-3H3. The first-order chi connectivity index (χ1) is 10.1. The van der Waals surface area contributed by atoms with Gasteiger partial charge in [0.2, 0.25) is 0 Å². The number of ether oxygens (including phenoxy) is 1. The Morgan fingerprint density at radius 2 is 2.24 bits per heavy atom. The van der Waals surface area contributed by atoms with Crippen LogP contribution >= 0.6 is 11.6 Å². The third-order valence-electron chi connectivity index (χ3n) is 4.03. The van der Waals surface area contributed by atoms with Crippen molar-refractivity contribution in [1.82, 2.24) is 15.1 Å². The van der Waals surface area contributed by atoms with Crippen molar-refractivity contribution >= 4 is 11.6 Å². The predicted octanol–water partition coefficient (Wildman–Crippen LogP) is 3.42. The van der Waals surface area contributed by atoms with E-state index in [4.69, 9.17) is 16.3 Å². The lowest BCUT2D eigenvalue weighted by Gasteiger charge is -2.32. The Morgan fingerprint density at radius 1 is 1.43 bits per heavy atom. The molecule has 1 aromatic heterocycles. The van der Waals surface area contributed by atoms with E-state index < -0.39 is 0 Å². The number of nitrogens with zero attached hydrogens (tertiary/aromatic N) is 2. The largest absolute Gasteiger partial charge is 0.485 e. The molecular formula is C16H20ClN3O. The molecule has 2 aromatic rings. The first-order valence-electron chi connectivity index (χ1n) is 7.28. The van der Waals surface area contributed by atoms with E-state index in [0.29, 0.717) is 0 Å². The maximum absolute atomic E-state index is 6.21. The van der Waals surface area contributed by atoms with Crippen LogP contribution in [-0.4, -0.2) is 16.8 Å². The minimum Gasteiger partial charge on any atom is -0.485 e. The van der Waals surface area contributed by atoms with Gasteiger partial charge in [-0.2, -0.15) is 5.10 Å². The highest BCUT2D eigenvalue weighted by atomic mass is 35.5. The third-order valence-corrected chi connectivity index (χ3v) is 4.27. The molecule has 112 valence electrons. The van der Waals surface area contributed by atoms with E-state index >= 15 is 0 Å². The smallest absolute Gasteiger partial charge is 0.129 e. The van der Waals surface area contributed by atoms with Crippen molar-refractivity contribution in [2.24, 2.45) is 7.05 Å². The van der Waals surface area contributed by atoms with Gasteiger partial charge in [-0.3, -0.25) is 4.68 Å². The molecule has 5 heteroatoms. The number of aromatic nitrogens is 2. The summed E-state index contributed by atoms with van der Waals surface area (Å²) in [6.45, 7) is 2.12. The molecule has 0 saturated heterocycles. The van der Waals surface area contributed by atoms with Gasteiger partial charge in [0.1, 0.15) is 11.9 Å². The van der Waals surface area contributed by atoms with Crippen molar-refractivity contribution in [3.63, 3.8) is 0 Å². The SMILES string of the molecule is CCc1nn(C)cc1C1CC(NC)c2cc(Cl)ccc2O1. The lowest BCUT2D eigenvalue weighted by molar-refractivity contribution is 0.153. The lowest BCUT2D eigenvalue weighted by atomic mass is 9.93. The van der Waals surface area contributed by atoms with Crippen LogP contribution in [0.5, 0.6) is 5.75 Å². The van der Waals surface area contributed by atoms with E-state index in [1.165, 1.54) is 5.56 Å². The molecule has 21 heavy (non-hydrogen) atoms. The van der Waals surface area contributed by atoms with Crippen LogP contribution in [0.15, 0.2) is 24.4 Å². The molecule has 1 aliphatic rings. The van der Waals surface area contributed by atoms with Crippen LogP contribution in [-0.2, 0) is 13.5 Å². The van der Waals surface area contributed by atoms with Gasteiger partial charge in [0.25, 0.3) is 0 Å². The summed E-state index contributed by atoms with van der Waals surface area (Å²) in [6.07, 6.45) is 3.88. The molecule has 1 N–H and O–H groups in total. The van der Waals surface area contributed by atoms with Crippen LogP contribution in [0.25, 0.3) is 0 Å². The van der Waals surface area contributed by atoms with Crippen LogP contribution in [0, 0.1) is 0 Å². The molecule has 0 radical (unpaired) electrons. The van der Waals surface area contributed by atoms with E-state index in [-0.39, 0.29) is 12.1 Å². The minimum atomic E-state index is 0.0276. The molecule has 3 rings (SSSR count). The Labute approximate surface area is 130 Å². The van der Waals surface area contributed by atoms with E-state index in [2.05, 4.69) is 23.5 Å². The number of fused-ring (bicyclic) bond motifs is 1. The summed E-state index contributed by atoms with van der Waals surface area (Å²) in [5.41, 5.74) is 3.42. The van der Waals surface area contributed by atoms with Crippen LogP contribution in [0.1, 0.15) is 42.3 Å². The maximum Gasteiger partial charge on any atom is 0.129 e. The second kappa shape index (κ2) is 5.70. The fraction of sp³-hybridized carbons (Fsp3) is 0.438. The predicted molar refractivity (Wildman–Crippen MR) is 83.8 cm³/mol. The summed E-state index contributed by atoms with van der Waals surface area (Å²) in [4.78, 5) is 0. The Balaban J connectivity index is 1.98. The molecule has 0 spiro atoms. The molecular weight excluding hydrogens is 286 g/mol. The van der Waals surface area contributed by atoms with Gasteiger partial charge >= 0.3 is 0 Å². The first-order valence-corrected chi connectivity index (χ1v) is 7.66. The van der Waals surface area contributed by atoms with Gasteiger partial charge in [-0.15, -0.1) is 0 Å². The maximum atomic E-state index is 6.21. The molecule has 0 aliphatic carbocycles. The summed E-state index contributed by atoms with van der Waals surface area (Å²) >= 11 is 6.11. The summed E-state index contributed by atoms with van der Waals surface area (Å²) in [6, 6.07) is 6.05. The monoisotopic (exact) mass is 305 g/mol. The van der Waals surface area contributed by atoms with Crippen molar-refractivity contribution in [2.45, 2.75) is 31.9 Å². The van der Waals surface area contributed by atoms with E-state index in [9.17, 15) is 0 Å². The average Bonchev–Trinajstić information content (AvgIpc) is 2.87. The molecule has 2 atom stereocenters. The number of halogens is 1. The number of nitrogens with one attached hydrogen (secondary N) is 1. The molecule has 0 amide bonds. The molecule has 1 aliphatic heterocycles. The molecule has 0 fully saturated rings. The van der Waals surface area contributed by atoms with Gasteiger partial charge in [0.05, 0.1) is 5.69 Å². The summed E-state index contributed by atoms with van der Waals surface area (Å²) in [5.74, 6) is 0.904. The number of benzene rings is 1. The Kier molecular flexibility index (Phi) is 3.91. The van der Waals surface area contributed by atoms with Crippen LogP contribution in [0.2, 0.25) is 5.02 Å². The molecule has 1 aromatic carbocycles. The quantitative estimate of drug-likeness (QED) is 0.944. The second-order valence-corrected chi connectivity index (χ2v) is 5.86. The number of rotatable bonds is 3. The van der Waals surface area contributed by atoms with Crippen molar-refractivity contribution in [1.29, 1.82) is 0 Å². The van der Waals surface area contributed by atoms with Crippen molar-refractivity contribution in [2.75, 3.05) is 7.05 Å². The Bertz CT molecular complexity index is 653. The van der Waals surface area contributed by atoms with Gasteiger partial charge in [-0.05, 0) is 31.7 Å². The first kappa shape index (κ1) is 14.4. The number of aryl methyl sites for hydroxylation is 2. The van der Waals surface area contributed by atoms with Gasteiger partial charge < -0.3 is 10.1 Å². The lowest BCUT2D eigenvalue weighted by Crippen LogP contribution is -2.27. The summed E-state index contributed by atoms with van der Waals surface area (Å²) in [7, 11) is 3.93. The van der Waals surface area contributed by atoms with Crippen molar-refractivity contribution in [3.8, 4) is 5.75 Å². The molecule has 2 heterocycles. The molecule has 2 unspecified atom stereocenters. The van der Waals surface area contributed by atoms with E-state index in [0.717, 1.165) is 34.9 Å². The Hall–Kier alpha value is -1.52. The fourth-order valence-electron chi connectivity index (χ4n) is 3.00. The van der Waals surface area contributed by atoms with E-state index in [1.54, 1.807) is 0 Å². The zero-order valence-corrected chi connectivity index (χ0v) is 13.3. The number of hydrogen-bond donors (Lipinski definition) is 1. The second-order valence-electron chi connectivity index (χ2n) is 5.42. The fourth-order valence-corrected chi connectivity index (χ4v) is 3.18. The molecule has 0 bridgehead atoms. The zero-order chi connectivity index (χ0) is 15.0. The van der Waals surface area contributed by atoms with Gasteiger partial charge in [-0.1, -0.05) is 18.5 Å². The van der Waals surface area contributed by atoms with Gasteiger partial charge in [-0.25, -0.2) is 0 Å². The van der Waals surface area contributed by atoms with E-state index in [1.807, 2.05) is 37.0 Å². The van der Waals surface area contributed by atoms with Gasteiger partial charge in [0, 0.05) is 41.9 Å². The highest BCUT2D eigenvalue weighted by molar-refractivity contribution is 6.30. The van der Waals surface area contributed by atoms with Crippen LogP contribution < -0.4 is 10.1 Å².